The van der Waals surface area contributed by atoms with E-state index in [0.717, 1.165) is 0 Å². The van der Waals surface area contributed by atoms with Gasteiger partial charge in [0, 0.05) is 21.8 Å². The molecule has 20 heavy (non-hydrogen) atoms. The highest BCUT2D eigenvalue weighted by Gasteiger charge is 2.17. The lowest BCUT2D eigenvalue weighted by Gasteiger charge is -2.13. The fraction of sp³-hybridized carbons (Fsp3) is 0.143. The van der Waals surface area contributed by atoms with Gasteiger partial charge in [-0.3, -0.25) is 14.2 Å². The molecule has 0 spiro atoms. The van der Waals surface area contributed by atoms with Crippen LogP contribution >= 0.6 is 23.2 Å². The van der Waals surface area contributed by atoms with Crippen LogP contribution in [0.25, 0.3) is 5.69 Å². The highest BCUT2D eigenvalue weighted by atomic mass is 35.5. The molecule has 2 rings (SSSR count). The number of aromatic nitrogens is 1. The topological polar surface area (TPSA) is 59.3 Å². The molecule has 0 aliphatic rings. The number of benzene rings is 1. The zero-order valence-corrected chi connectivity index (χ0v) is 12.3. The van der Waals surface area contributed by atoms with Crippen LogP contribution in [0.3, 0.4) is 0 Å². The second kappa shape index (κ2) is 5.31. The Morgan fingerprint density at radius 2 is 1.70 bits per heavy atom. The van der Waals surface area contributed by atoms with Gasteiger partial charge < -0.3 is 5.11 Å². The highest BCUT2D eigenvalue weighted by molar-refractivity contribution is 6.34. The Kier molecular flexibility index (Phi) is 3.88. The molecule has 6 heteroatoms. The number of nitrogens with zero attached hydrogens (tertiary/aromatic N) is 1. The van der Waals surface area contributed by atoms with Crippen LogP contribution in [0.15, 0.2) is 29.1 Å². The van der Waals surface area contributed by atoms with Gasteiger partial charge in [0.15, 0.2) is 5.78 Å². The summed E-state index contributed by atoms with van der Waals surface area (Å²) in [4.78, 5) is 23.9. The van der Waals surface area contributed by atoms with Gasteiger partial charge in [-0.1, -0.05) is 23.2 Å². The fourth-order valence-corrected chi connectivity index (χ4v) is 2.55. The summed E-state index contributed by atoms with van der Waals surface area (Å²) in [7, 11) is 0. The minimum atomic E-state index is -0.603. The van der Waals surface area contributed by atoms with E-state index in [9.17, 15) is 14.7 Å². The van der Waals surface area contributed by atoms with Crippen LogP contribution in [0.2, 0.25) is 10.0 Å². The third-order valence-electron chi connectivity index (χ3n) is 2.83. The molecular formula is C14H11Cl2NO3. The molecule has 0 saturated heterocycles. The minimum Gasteiger partial charge on any atom is -0.507 e. The second-order valence-corrected chi connectivity index (χ2v) is 5.24. The monoisotopic (exact) mass is 311 g/mol. The van der Waals surface area contributed by atoms with Crippen LogP contribution < -0.4 is 5.56 Å². The summed E-state index contributed by atoms with van der Waals surface area (Å²) in [6.07, 6.45) is 0. The van der Waals surface area contributed by atoms with Crippen LogP contribution in [0.5, 0.6) is 5.75 Å². The Balaban J connectivity index is 2.84. The number of pyridine rings is 1. The molecule has 104 valence electrons. The number of carbonyl (C=O) groups is 1. The number of Topliss-reactive ketones (excluding diaryl/α,β-unsaturated/α-hetero) is 1. The average Bonchev–Trinajstić information content (AvgIpc) is 2.25. The third-order valence-corrected chi connectivity index (χ3v) is 3.27. The van der Waals surface area contributed by atoms with E-state index in [0.29, 0.717) is 21.4 Å². The molecule has 0 unspecified atom stereocenters. The predicted octanol–water partition coefficient (Wildman–Crippen LogP) is 3.36. The number of halogens is 2. The van der Waals surface area contributed by atoms with E-state index in [1.54, 1.807) is 25.1 Å². The Hall–Kier alpha value is -1.78. The first-order valence-corrected chi connectivity index (χ1v) is 6.50. The van der Waals surface area contributed by atoms with E-state index in [4.69, 9.17) is 23.2 Å². The first-order chi connectivity index (χ1) is 9.31. The maximum absolute atomic E-state index is 12.4. The Labute approximate surface area is 125 Å². The Bertz CT molecular complexity index is 745. The first kappa shape index (κ1) is 14.6. The van der Waals surface area contributed by atoms with Gasteiger partial charge in [0.2, 0.25) is 0 Å². The summed E-state index contributed by atoms with van der Waals surface area (Å²) in [5, 5.41) is 10.5. The standard InChI is InChI=1S/C14H11Cl2NO3/c1-7-3-12(19)13(8(2)18)14(20)17(7)11-5-9(15)4-10(16)6-11/h3-6,19H,1-2H3. The van der Waals surface area contributed by atoms with E-state index < -0.39 is 11.3 Å². The minimum absolute atomic E-state index is 0.258. The van der Waals surface area contributed by atoms with Crippen molar-refractivity contribution in [2.45, 2.75) is 13.8 Å². The van der Waals surface area contributed by atoms with Crippen molar-refractivity contribution in [3.63, 3.8) is 0 Å². The van der Waals surface area contributed by atoms with Gasteiger partial charge in [-0.15, -0.1) is 0 Å². The molecule has 2 aromatic rings. The summed E-state index contributed by atoms with van der Waals surface area (Å²) in [6.45, 7) is 2.86. The normalized spacial score (nSPS) is 10.6. The lowest BCUT2D eigenvalue weighted by atomic mass is 10.1. The summed E-state index contributed by atoms with van der Waals surface area (Å²) in [6, 6.07) is 6.01. The largest absolute Gasteiger partial charge is 0.507 e. The Morgan fingerprint density at radius 1 is 1.15 bits per heavy atom. The molecule has 1 N–H and O–H groups in total. The lowest BCUT2D eigenvalue weighted by Crippen LogP contribution is -2.26. The van der Waals surface area contributed by atoms with Gasteiger partial charge in [-0.2, -0.15) is 0 Å². The molecule has 0 aliphatic heterocycles. The molecule has 0 amide bonds. The molecule has 0 atom stereocenters. The molecule has 0 radical (unpaired) electrons. The number of hydrogen-bond acceptors (Lipinski definition) is 3. The van der Waals surface area contributed by atoms with Crippen molar-refractivity contribution in [3.05, 3.63) is 55.9 Å². The van der Waals surface area contributed by atoms with Gasteiger partial charge in [0.05, 0.1) is 5.69 Å². The molecular weight excluding hydrogens is 301 g/mol. The summed E-state index contributed by atoms with van der Waals surface area (Å²) >= 11 is 11.8. The molecule has 4 nitrogen and oxygen atoms in total. The second-order valence-electron chi connectivity index (χ2n) is 4.37. The lowest BCUT2D eigenvalue weighted by molar-refractivity contribution is 0.101. The molecule has 0 bridgehead atoms. The van der Waals surface area contributed by atoms with Crippen molar-refractivity contribution in [1.29, 1.82) is 0 Å². The third kappa shape index (κ3) is 2.57. The van der Waals surface area contributed by atoms with Crippen molar-refractivity contribution in [2.24, 2.45) is 0 Å². The van der Waals surface area contributed by atoms with Gasteiger partial charge >= 0.3 is 0 Å². The molecule has 0 aliphatic carbocycles. The first-order valence-electron chi connectivity index (χ1n) is 5.74. The van der Waals surface area contributed by atoms with Gasteiger partial charge in [-0.05, 0) is 32.0 Å². The Morgan fingerprint density at radius 3 is 2.20 bits per heavy atom. The predicted molar refractivity (Wildman–Crippen MR) is 78.5 cm³/mol. The number of hydrogen-bond donors (Lipinski definition) is 1. The summed E-state index contributed by atoms with van der Waals surface area (Å²) < 4.78 is 1.29. The smallest absolute Gasteiger partial charge is 0.269 e. The quantitative estimate of drug-likeness (QED) is 0.865. The summed E-state index contributed by atoms with van der Waals surface area (Å²) in [5.41, 5.74) is 0.0448. The number of aryl methyl sites for hydroxylation is 1. The number of rotatable bonds is 2. The van der Waals surface area contributed by atoms with Crippen LogP contribution in [0.4, 0.5) is 0 Å². The maximum Gasteiger partial charge on any atom is 0.269 e. The zero-order chi connectivity index (χ0) is 15.0. The number of aromatic hydroxyl groups is 1. The van der Waals surface area contributed by atoms with Crippen LogP contribution in [0, 0.1) is 6.92 Å². The van der Waals surface area contributed by atoms with E-state index >= 15 is 0 Å². The van der Waals surface area contributed by atoms with Gasteiger partial charge in [0.25, 0.3) is 5.56 Å². The van der Waals surface area contributed by atoms with E-state index in [2.05, 4.69) is 0 Å². The van der Waals surface area contributed by atoms with Crippen LogP contribution in [0.1, 0.15) is 23.0 Å². The van der Waals surface area contributed by atoms with Gasteiger partial charge in [0.1, 0.15) is 11.3 Å². The van der Waals surface area contributed by atoms with Crippen molar-refractivity contribution < 1.29 is 9.90 Å². The van der Waals surface area contributed by atoms with Gasteiger partial charge in [-0.25, -0.2) is 0 Å². The SMILES string of the molecule is CC(=O)c1c(O)cc(C)n(-c2cc(Cl)cc(Cl)c2)c1=O. The zero-order valence-electron chi connectivity index (χ0n) is 10.8. The molecule has 1 aromatic carbocycles. The van der Waals surface area contributed by atoms with Crippen LogP contribution in [-0.2, 0) is 0 Å². The highest BCUT2D eigenvalue weighted by Crippen LogP contribution is 2.23. The fourth-order valence-electron chi connectivity index (χ4n) is 2.04. The van der Waals surface area contributed by atoms with Crippen molar-refractivity contribution in [2.75, 3.05) is 0 Å². The average molecular weight is 312 g/mol. The van der Waals surface area contributed by atoms with E-state index in [1.807, 2.05) is 0 Å². The van der Waals surface area contributed by atoms with E-state index in [-0.39, 0.29) is 11.3 Å². The van der Waals surface area contributed by atoms with Crippen molar-refractivity contribution >= 4 is 29.0 Å². The number of carbonyl (C=O) groups excluding carboxylic acids is 1. The number of ketones is 1. The van der Waals surface area contributed by atoms with Crippen LogP contribution in [-0.4, -0.2) is 15.5 Å². The molecule has 1 heterocycles. The van der Waals surface area contributed by atoms with E-state index in [1.165, 1.54) is 17.6 Å². The van der Waals surface area contributed by atoms with Crippen molar-refractivity contribution in [3.8, 4) is 11.4 Å². The summed E-state index contributed by atoms with van der Waals surface area (Å²) in [5.74, 6) is -0.834. The van der Waals surface area contributed by atoms with Crippen molar-refractivity contribution in [1.82, 2.24) is 4.57 Å². The maximum atomic E-state index is 12.4. The molecule has 0 saturated carbocycles. The molecule has 1 aromatic heterocycles. The molecule has 0 fully saturated rings.